The maximum absolute atomic E-state index is 5.79. The van der Waals surface area contributed by atoms with Gasteiger partial charge in [-0.2, -0.15) is 0 Å². The van der Waals surface area contributed by atoms with Crippen molar-refractivity contribution in [1.29, 1.82) is 0 Å². The van der Waals surface area contributed by atoms with E-state index >= 15 is 0 Å². The van der Waals surface area contributed by atoms with Crippen LogP contribution in [0.2, 0.25) is 0 Å². The Balaban J connectivity index is 0.00000280. The maximum Gasteiger partial charge on any atom is 0.191 e. The summed E-state index contributed by atoms with van der Waals surface area (Å²) in [5.74, 6) is 0.881. The van der Waals surface area contributed by atoms with E-state index in [-0.39, 0.29) is 30.1 Å². The summed E-state index contributed by atoms with van der Waals surface area (Å²) in [6, 6.07) is 8.31. The molecule has 1 aliphatic heterocycles. The third-order valence-electron chi connectivity index (χ3n) is 4.36. The molecule has 1 aromatic carbocycles. The van der Waals surface area contributed by atoms with Crippen LogP contribution in [-0.4, -0.2) is 56.5 Å². The highest BCUT2D eigenvalue weighted by molar-refractivity contribution is 14.0. The second-order valence-electron chi connectivity index (χ2n) is 6.58. The fraction of sp³-hybridized carbons (Fsp3) is 0.600. The van der Waals surface area contributed by atoms with E-state index in [1.54, 1.807) is 11.3 Å². The highest BCUT2D eigenvalue weighted by Gasteiger charge is 2.15. The number of fused-ring (bicyclic) bond motifs is 1. The summed E-state index contributed by atoms with van der Waals surface area (Å²) in [6.07, 6.45) is 4.24. The Kier molecular flexibility index (Phi) is 11.1. The summed E-state index contributed by atoms with van der Waals surface area (Å²) < 4.78 is 12.4. The highest BCUT2D eigenvalue weighted by atomic mass is 127. The Morgan fingerprint density at radius 3 is 3.00 bits per heavy atom. The zero-order valence-electron chi connectivity index (χ0n) is 16.5. The number of aliphatic imine (C=N–C) groups is 1. The van der Waals surface area contributed by atoms with Crippen LogP contribution < -0.4 is 10.6 Å². The van der Waals surface area contributed by atoms with Gasteiger partial charge in [-0.25, -0.2) is 4.98 Å². The molecular weight excluding hydrogens is 487 g/mol. The number of aryl methyl sites for hydroxylation is 1. The quantitative estimate of drug-likeness (QED) is 0.218. The van der Waals surface area contributed by atoms with E-state index < -0.39 is 0 Å². The smallest absolute Gasteiger partial charge is 0.191 e. The number of rotatable bonds is 10. The molecule has 8 heteroatoms. The molecule has 0 radical (unpaired) electrons. The van der Waals surface area contributed by atoms with Crippen LogP contribution in [0.25, 0.3) is 10.2 Å². The van der Waals surface area contributed by atoms with Crippen LogP contribution in [0.15, 0.2) is 29.3 Å². The summed E-state index contributed by atoms with van der Waals surface area (Å²) in [6.45, 7) is 6.93. The lowest BCUT2D eigenvalue weighted by Crippen LogP contribution is -2.38. The monoisotopic (exact) mass is 518 g/mol. The zero-order valence-corrected chi connectivity index (χ0v) is 19.6. The van der Waals surface area contributed by atoms with E-state index in [0.717, 1.165) is 76.6 Å². The van der Waals surface area contributed by atoms with Gasteiger partial charge in [0.25, 0.3) is 0 Å². The van der Waals surface area contributed by atoms with Crippen LogP contribution in [-0.2, 0) is 15.9 Å². The van der Waals surface area contributed by atoms with Crippen LogP contribution >= 0.6 is 35.3 Å². The van der Waals surface area contributed by atoms with Crippen molar-refractivity contribution in [3.63, 3.8) is 0 Å². The van der Waals surface area contributed by atoms with Crippen LogP contribution in [0.1, 0.15) is 31.2 Å². The molecule has 0 amide bonds. The van der Waals surface area contributed by atoms with Gasteiger partial charge in [0.15, 0.2) is 5.96 Å². The van der Waals surface area contributed by atoms with E-state index in [2.05, 4.69) is 45.7 Å². The van der Waals surface area contributed by atoms with Crippen LogP contribution in [0.5, 0.6) is 0 Å². The maximum atomic E-state index is 5.79. The third kappa shape index (κ3) is 7.81. The van der Waals surface area contributed by atoms with E-state index in [4.69, 9.17) is 9.47 Å². The van der Waals surface area contributed by atoms with Crippen LogP contribution in [0.3, 0.4) is 0 Å². The van der Waals surface area contributed by atoms with Gasteiger partial charge in [0, 0.05) is 39.3 Å². The molecule has 2 N–H and O–H groups in total. The molecule has 28 heavy (non-hydrogen) atoms. The molecule has 2 heterocycles. The number of para-hydroxylation sites is 1. The first-order valence-corrected chi connectivity index (χ1v) is 10.7. The topological polar surface area (TPSA) is 67.8 Å². The van der Waals surface area contributed by atoms with Gasteiger partial charge in [-0.05, 0) is 38.3 Å². The molecule has 156 valence electrons. The van der Waals surface area contributed by atoms with Gasteiger partial charge in [0.2, 0.25) is 0 Å². The van der Waals surface area contributed by atoms with E-state index in [0.29, 0.717) is 0 Å². The Labute approximate surface area is 188 Å². The number of ether oxygens (including phenoxy) is 2. The lowest BCUT2D eigenvalue weighted by molar-refractivity contribution is 0.0420. The summed E-state index contributed by atoms with van der Waals surface area (Å²) in [5, 5.41) is 7.87. The largest absolute Gasteiger partial charge is 0.379 e. The van der Waals surface area contributed by atoms with Crippen molar-refractivity contribution in [3.8, 4) is 0 Å². The fourth-order valence-corrected chi connectivity index (χ4v) is 3.97. The Bertz CT molecular complexity index is 686. The minimum absolute atomic E-state index is 0. The van der Waals surface area contributed by atoms with Gasteiger partial charge < -0.3 is 20.1 Å². The molecule has 2 aromatic rings. The highest BCUT2D eigenvalue weighted by Crippen LogP contribution is 2.22. The predicted octanol–water partition coefficient (Wildman–Crippen LogP) is 3.60. The summed E-state index contributed by atoms with van der Waals surface area (Å²) in [7, 11) is 0. The van der Waals surface area contributed by atoms with Crippen molar-refractivity contribution < 1.29 is 9.47 Å². The predicted molar refractivity (Wildman–Crippen MR) is 127 cm³/mol. The average Bonchev–Trinajstić information content (AvgIpc) is 3.34. The van der Waals surface area contributed by atoms with Gasteiger partial charge in [-0.15, -0.1) is 35.3 Å². The SMILES string of the molecule is CCNC(=NCCCc1nc2ccccc2s1)NCCCOC1CCOC1.I. The number of hydrogen-bond acceptors (Lipinski definition) is 5. The molecule has 1 unspecified atom stereocenters. The molecule has 0 spiro atoms. The zero-order chi connectivity index (χ0) is 18.7. The first-order chi connectivity index (χ1) is 13.3. The Morgan fingerprint density at radius 2 is 2.21 bits per heavy atom. The van der Waals surface area contributed by atoms with Crippen molar-refractivity contribution in [2.24, 2.45) is 4.99 Å². The lowest BCUT2D eigenvalue weighted by Gasteiger charge is -2.12. The number of halogens is 1. The standard InChI is InChI=1S/C20H30N4O2S.HI/c1-2-21-20(23-12-6-13-26-16-10-14-25-15-16)22-11-5-9-19-24-17-7-3-4-8-18(17)27-19;/h3-4,7-8,16H,2,5-6,9-15H2,1H3,(H2,21,22,23);1H. The van der Waals surface area contributed by atoms with Gasteiger partial charge in [-0.3, -0.25) is 4.99 Å². The van der Waals surface area contributed by atoms with Gasteiger partial charge in [0.1, 0.15) is 0 Å². The van der Waals surface area contributed by atoms with Gasteiger partial charge >= 0.3 is 0 Å². The van der Waals surface area contributed by atoms with Crippen molar-refractivity contribution in [3.05, 3.63) is 29.3 Å². The Morgan fingerprint density at radius 1 is 1.32 bits per heavy atom. The van der Waals surface area contributed by atoms with Crippen LogP contribution in [0, 0.1) is 0 Å². The molecule has 6 nitrogen and oxygen atoms in total. The number of aromatic nitrogens is 1. The second kappa shape index (κ2) is 13.3. The molecule has 0 saturated carbocycles. The van der Waals surface area contributed by atoms with Gasteiger partial charge in [-0.1, -0.05) is 12.1 Å². The first-order valence-electron chi connectivity index (χ1n) is 9.91. The number of nitrogens with zero attached hydrogens (tertiary/aromatic N) is 2. The van der Waals surface area contributed by atoms with E-state index in [9.17, 15) is 0 Å². The molecule has 1 atom stereocenters. The third-order valence-corrected chi connectivity index (χ3v) is 5.45. The fourth-order valence-electron chi connectivity index (χ4n) is 2.96. The average molecular weight is 518 g/mol. The van der Waals surface area contributed by atoms with E-state index in [1.807, 2.05) is 6.07 Å². The second-order valence-corrected chi connectivity index (χ2v) is 7.69. The van der Waals surface area contributed by atoms with Crippen molar-refractivity contribution in [1.82, 2.24) is 15.6 Å². The molecule has 1 aromatic heterocycles. The molecular formula is C20H31IN4O2S. The number of guanidine groups is 1. The minimum Gasteiger partial charge on any atom is -0.379 e. The normalized spacial score (nSPS) is 16.9. The van der Waals surface area contributed by atoms with Crippen molar-refractivity contribution in [2.75, 3.05) is 39.5 Å². The summed E-state index contributed by atoms with van der Waals surface area (Å²) in [4.78, 5) is 9.35. The van der Waals surface area contributed by atoms with Crippen LogP contribution in [0.4, 0.5) is 0 Å². The van der Waals surface area contributed by atoms with Crippen molar-refractivity contribution in [2.45, 2.75) is 38.7 Å². The lowest BCUT2D eigenvalue weighted by atomic mass is 10.3. The number of thiazole rings is 1. The summed E-state index contributed by atoms with van der Waals surface area (Å²) in [5.41, 5.74) is 1.10. The number of nitrogens with one attached hydrogen (secondary N) is 2. The van der Waals surface area contributed by atoms with Gasteiger partial charge in [0.05, 0.1) is 27.9 Å². The molecule has 3 rings (SSSR count). The molecule has 0 aliphatic carbocycles. The number of benzene rings is 1. The minimum atomic E-state index is 0. The number of hydrogen-bond donors (Lipinski definition) is 2. The molecule has 1 saturated heterocycles. The van der Waals surface area contributed by atoms with E-state index in [1.165, 1.54) is 9.71 Å². The summed E-state index contributed by atoms with van der Waals surface area (Å²) >= 11 is 1.78. The molecule has 0 bridgehead atoms. The van der Waals surface area contributed by atoms with Crippen molar-refractivity contribution >= 4 is 51.5 Å². The first kappa shape index (κ1) is 23.3. The molecule has 1 aliphatic rings. The Hall–Kier alpha value is -0.970. The molecule has 1 fully saturated rings.